The molecular weight excluding hydrogens is 438 g/mol. The van der Waals surface area contributed by atoms with E-state index in [-0.39, 0.29) is 17.3 Å². The Morgan fingerprint density at radius 1 is 1.00 bits per heavy atom. The summed E-state index contributed by atoms with van der Waals surface area (Å²) in [6.45, 7) is 2.24. The van der Waals surface area contributed by atoms with E-state index in [9.17, 15) is 9.90 Å². The van der Waals surface area contributed by atoms with E-state index in [1.54, 1.807) is 0 Å². The van der Waals surface area contributed by atoms with E-state index in [0.29, 0.717) is 6.54 Å². The van der Waals surface area contributed by atoms with Gasteiger partial charge in [-0.05, 0) is 47.1 Å². The molecule has 3 aromatic carbocycles. The van der Waals surface area contributed by atoms with Crippen LogP contribution in [0.25, 0.3) is 10.1 Å². The lowest BCUT2D eigenvalue weighted by atomic mass is 9.43. The van der Waals surface area contributed by atoms with E-state index in [2.05, 4.69) is 83.8 Å². The fourth-order valence-corrected chi connectivity index (χ4v) is 8.99. The average molecular weight is 466 g/mol. The Kier molecular flexibility index (Phi) is 4.37. The average Bonchev–Trinajstić information content (AvgIpc) is 3.48. The number of hydrogen-bond acceptors (Lipinski definition) is 3. The number of fused-ring (bicyclic) bond motifs is 2. The predicted octanol–water partition coefficient (Wildman–Crippen LogP) is 6.28. The van der Waals surface area contributed by atoms with Crippen LogP contribution in [0.5, 0.6) is 0 Å². The minimum Gasteiger partial charge on any atom is -0.481 e. The molecule has 4 unspecified atom stereocenters. The van der Waals surface area contributed by atoms with Gasteiger partial charge >= 0.3 is 5.97 Å². The summed E-state index contributed by atoms with van der Waals surface area (Å²) in [5, 5.41) is 12.2. The van der Waals surface area contributed by atoms with Gasteiger partial charge in [-0.1, -0.05) is 72.8 Å². The van der Waals surface area contributed by atoms with Crippen molar-refractivity contribution in [2.24, 2.45) is 11.3 Å². The first-order valence-corrected chi connectivity index (χ1v) is 13.0. The Morgan fingerprint density at radius 2 is 1.76 bits per heavy atom. The molecule has 0 radical (unpaired) electrons. The number of thiophene rings is 1. The van der Waals surface area contributed by atoms with Crippen LogP contribution < -0.4 is 0 Å². The van der Waals surface area contributed by atoms with Crippen LogP contribution >= 0.6 is 11.3 Å². The topological polar surface area (TPSA) is 40.5 Å². The number of carboxylic acid groups (broad SMARTS) is 1. The molecule has 4 atom stereocenters. The maximum atomic E-state index is 13.3. The highest BCUT2D eigenvalue weighted by molar-refractivity contribution is 7.19. The first kappa shape index (κ1) is 20.4. The fourth-order valence-electron chi connectivity index (χ4n) is 7.64. The molecular formula is C30H27NO2S. The van der Waals surface area contributed by atoms with Crippen LogP contribution in [-0.2, 0) is 16.8 Å². The van der Waals surface area contributed by atoms with Crippen molar-refractivity contribution in [1.29, 1.82) is 0 Å². The molecule has 34 heavy (non-hydrogen) atoms. The lowest BCUT2D eigenvalue weighted by Gasteiger charge is -2.59. The zero-order valence-electron chi connectivity index (χ0n) is 19.0. The van der Waals surface area contributed by atoms with Crippen LogP contribution in [0.15, 0.2) is 84.9 Å². The van der Waals surface area contributed by atoms with Gasteiger partial charge in [0.15, 0.2) is 0 Å². The Hall–Kier alpha value is -2.95. The zero-order valence-corrected chi connectivity index (χ0v) is 19.8. The summed E-state index contributed by atoms with van der Waals surface area (Å²) < 4.78 is 1.29. The summed E-state index contributed by atoms with van der Waals surface area (Å²) >= 11 is 1.87. The van der Waals surface area contributed by atoms with Crippen LogP contribution in [0.4, 0.5) is 0 Å². The summed E-state index contributed by atoms with van der Waals surface area (Å²) in [5.41, 5.74) is 2.89. The van der Waals surface area contributed by atoms with E-state index in [0.717, 1.165) is 25.9 Å². The molecule has 1 aliphatic heterocycles. The van der Waals surface area contributed by atoms with Gasteiger partial charge in [0.2, 0.25) is 0 Å². The minimum atomic E-state index is -0.752. The molecule has 4 aromatic rings. The number of carboxylic acids is 1. The maximum absolute atomic E-state index is 13.3. The molecule has 4 aliphatic rings. The molecule has 4 heteroatoms. The highest BCUT2D eigenvalue weighted by Gasteiger charge is 2.70. The van der Waals surface area contributed by atoms with Crippen molar-refractivity contribution >= 4 is 27.4 Å². The van der Waals surface area contributed by atoms with Crippen LogP contribution in [-0.4, -0.2) is 29.1 Å². The van der Waals surface area contributed by atoms with Gasteiger partial charge in [0, 0.05) is 46.5 Å². The number of nitrogens with zero attached hydrogens (tertiary/aromatic N) is 1. The number of rotatable bonds is 4. The SMILES string of the molecule is O=C(O)C12CN(Cc3ccccc3)CC1C1(c3cc4ccccc4s3)CCC2c2ccccc21. The van der Waals surface area contributed by atoms with E-state index in [4.69, 9.17) is 0 Å². The van der Waals surface area contributed by atoms with Crippen LogP contribution in [0, 0.1) is 11.3 Å². The van der Waals surface area contributed by atoms with E-state index >= 15 is 0 Å². The predicted molar refractivity (Wildman–Crippen MR) is 136 cm³/mol. The van der Waals surface area contributed by atoms with Crippen molar-refractivity contribution in [1.82, 2.24) is 4.90 Å². The monoisotopic (exact) mass is 465 g/mol. The highest BCUT2D eigenvalue weighted by atomic mass is 32.1. The van der Waals surface area contributed by atoms with Crippen molar-refractivity contribution in [3.63, 3.8) is 0 Å². The summed E-state index contributed by atoms with van der Waals surface area (Å²) in [6, 6.07) is 30.2. The van der Waals surface area contributed by atoms with Gasteiger partial charge in [-0.25, -0.2) is 0 Å². The van der Waals surface area contributed by atoms with Gasteiger partial charge < -0.3 is 5.11 Å². The molecule has 2 heterocycles. The molecule has 170 valence electrons. The largest absolute Gasteiger partial charge is 0.481 e. The second-order valence-electron chi connectivity index (χ2n) is 10.4. The molecule has 1 N–H and O–H groups in total. The molecule has 8 rings (SSSR count). The van der Waals surface area contributed by atoms with Gasteiger partial charge in [-0.3, -0.25) is 9.69 Å². The third kappa shape index (κ3) is 2.58. The summed E-state index contributed by atoms with van der Waals surface area (Å²) in [4.78, 5) is 17.0. The van der Waals surface area contributed by atoms with E-state index in [1.165, 1.54) is 31.7 Å². The molecule has 1 aromatic heterocycles. The molecule has 2 fully saturated rings. The summed E-state index contributed by atoms with van der Waals surface area (Å²) in [6.07, 6.45) is 1.97. The Labute approximate surface area is 203 Å². The van der Waals surface area contributed by atoms with Crippen molar-refractivity contribution in [3.05, 3.63) is 106 Å². The molecule has 2 bridgehead atoms. The standard InChI is InChI=1S/C30H27NO2S/c32-28(33)30-19-31(17-20-8-2-1-3-9-20)18-26(30)29(27-16-21-10-4-7-13-25(21)34-27)15-14-24(30)22-11-5-6-12-23(22)29/h1-13,16,24,26H,14-15,17-19H2,(H,32,33). The molecule has 3 nitrogen and oxygen atoms in total. The first-order chi connectivity index (χ1) is 16.6. The number of likely N-dealkylation sites (tertiary alicyclic amines) is 1. The van der Waals surface area contributed by atoms with Crippen LogP contribution in [0.3, 0.4) is 0 Å². The van der Waals surface area contributed by atoms with Crippen LogP contribution in [0.1, 0.15) is 40.3 Å². The Bertz CT molecular complexity index is 1380. The third-order valence-electron chi connectivity index (χ3n) is 8.92. The van der Waals surface area contributed by atoms with E-state index < -0.39 is 11.4 Å². The Balaban J connectivity index is 1.44. The van der Waals surface area contributed by atoms with Gasteiger partial charge in [0.05, 0.1) is 5.41 Å². The fraction of sp³-hybridized carbons (Fsp3) is 0.300. The van der Waals surface area contributed by atoms with Gasteiger partial charge in [0.25, 0.3) is 0 Å². The normalized spacial score (nSPS) is 29.8. The lowest BCUT2D eigenvalue weighted by molar-refractivity contribution is -0.157. The first-order valence-electron chi connectivity index (χ1n) is 12.2. The van der Waals surface area contributed by atoms with E-state index in [1.807, 2.05) is 17.4 Å². The Morgan fingerprint density at radius 3 is 2.59 bits per heavy atom. The molecule has 1 saturated carbocycles. The third-order valence-corrected chi connectivity index (χ3v) is 10.2. The number of carbonyl (C=O) groups is 1. The van der Waals surface area contributed by atoms with Gasteiger partial charge in [0.1, 0.15) is 0 Å². The van der Waals surface area contributed by atoms with Crippen molar-refractivity contribution < 1.29 is 9.90 Å². The maximum Gasteiger partial charge on any atom is 0.311 e. The lowest BCUT2D eigenvalue weighted by Crippen LogP contribution is -2.60. The van der Waals surface area contributed by atoms with Crippen molar-refractivity contribution in [2.45, 2.75) is 30.7 Å². The molecule has 0 spiro atoms. The smallest absolute Gasteiger partial charge is 0.311 e. The molecule has 3 aliphatic carbocycles. The van der Waals surface area contributed by atoms with Crippen molar-refractivity contribution in [2.75, 3.05) is 13.1 Å². The highest BCUT2D eigenvalue weighted by Crippen LogP contribution is 2.69. The number of aliphatic carboxylic acids is 1. The zero-order chi connectivity index (χ0) is 22.9. The second-order valence-corrected chi connectivity index (χ2v) is 11.4. The summed E-state index contributed by atoms with van der Waals surface area (Å²) in [7, 11) is 0. The molecule has 0 amide bonds. The number of hydrogen-bond donors (Lipinski definition) is 1. The van der Waals surface area contributed by atoms with Gasteiger partial charge in [-0.15, -0.1) is 11.3 Å². The number of benzene rings is 3. The second kappa shape index (κ2) is 7.27. The quantitative estimate of drug-likeness (QED) is 0.386. The van der Waals surface area contributed by atoms with Crippen molar-refractivity contribution in [3.8, 4) is 0 Å². The van der Waals surface area contributed by atoms with Gasteiger partial charge in [-0.2, -0.15) is 0 Å². The molecule has 1 saturated heterocycles. The minimum absolute atomic E-state index is 0.0583. The summed E-state index contributed by atoms with van der Waals surface area (Å²) in [5.74, 6) is -0.482. The van der Waals surface area contributed by atoms with Crippen LogP contribution in [0.2, 0.25) is 0 Å².